The van der Waals surface area contributed by atoms with E-state index in [1.165, 1.54) is 0 Å². The minimum Gasteiger partial charge on any atom is -0.477 e. The molecule has 0 radical (unpaired) electrons. The van der Waals surface area contributed by atoms with Crippen molar-refractivity contribution in [1.82, 2.24) is 5.32 Å². The summed E-state index contributed by atoms with van der Waals surface area (Å²) in [6.45, 7) is -0.677. The largest absolute Gasteiger partial charge is 0.477 e. The number of aliphatic hydroxyl groups is 1. The van der Waals surface area contributed by atoms with Crippen molar-refractivity contribution in [2.45, 2.75) is 0 Å². The van der Waals surface area contributed by atoms with Gasteiger partial charge in [0.05, 0.1) is 11.5 Å². The van der Waals surface area contributed by atoms with Gasteiger partial charge in [-0.3, -0.25) is 14.9 Å². The molecule has 98 valence electrons. The lowest BCUT2D eigenvalue weighted by Gasteiger charge is -2.07. The summed E-state index contributed by atoms with van der Waals surface area (Å²) in [5.41, 5.74) is -0.425. The fourth-order valence-corrected chi connectivity index (χ4v) is 1.14. The molecule has 2 N–H and O–H groups in total. The number of amides is 1. The van der Waals surface area contributed by atoms with Gasteiger partial charge in [-0.25, -0.2) is 4.39 Å². The summed E-state index contributed by atoms with van der Waals surface area (Å²) < 4.78 is 17.8. The Morgan fingerprint density at radius 1 is 1.56 bits per heavy atom. The van der Waals surface area contributed by atoms with Crippen LogP contribution in [0.25, 0.3) is 0 Å². The number of halogens is 1. The van der Waals surface area contributed by atoms with Gasteiger partial charge in [0.2, 0.25) is 5.75 Å². The molecular weight excluding hydrogens is 247 g/mol. The van der Waals surface area contributed by atoms with Crippen molar-refractivity contribution in [3.8, 4) is 5.75 Å². The number of rotatable bonds is 6. The number of carbonyl (C=O) groups excluding carboxylic acids is 1. The molecule has 8 heteroatoms. The fourth-order valence-electron chi connectivity index (χ4n) is 1.14. The number of nitro groups is 1. The van der Waals surface area contributed by atoms with Gasteiger partial charge in [-0.15, -0.1) is 0 Å². The van der Waals surface area contributed by atoms with Crippen LogP contribution in [-0.2, 0) is 4.79 Å². The van der Waals surface area contributed by atoms with Crippen LogP contribution in [0.5, 0.6) is 5.75 Å². The normalized spacial score (nSPS) is 9.89. The van der Waals surface area contributed by atoms with Gasteiger partial charge in [0, 0.05) is 18.7 Å². The van der Waals surface area contributed by atoms with Crippen molar-refractivity contribution in [3.63, 3.8) is 0 Å². The number of ether oxygens (including phenoxy) is 1. The average Bonchev–Trinajstić information content (AvgIpc) is 2.33. The van der Waals surface area contributed by atoms with E-state index in [2.05, 4.69) is 5.32 Å². The van der Waals surface area contributed by atoms with Crippen LogP contribution in [0, 0.1) is 15.9 Å². The number of hydrogen-bond acceptors (Lipinski definition) is 5. The molecule has 0 heterocycles. The summed E-state index contributed by atoms with van der Waals surface area (Å²) in [6.07, 6.45) is 0. The van der Waals surface area contributed by atoms with Crippen molar-refractivity contribution in [2.24, 2.45) is 0 Å². The highest BCUT2D eigenvalue weighted by molar-refractivity contribution is 5.77. The molecule has 0 fully saturated rings. The van der Waals surface area contributed by atoms with E-state index in [9.17, 15) is 19.3 Å². The maximum Gasteiger partial charge on any atom is 0.311 e. The van der Waals surface area contributed by atoms with E-state index in [0.717, 1.165) is 18.2 Å². The van der Waals surface area contributed by atoms with Crippen molar-refractivity contribution in [1.29, 1.82) is 0 Å². The Kier molecular flexibility index (Phi) is 5.00. The molecule has 0 atom stereocenters. The van der Waals surface area contributed by atoms with Gasteiger partial charge in [-0.05, 0) is 6.07 Å². The Bertz CT molecular complexity index is 452. The second kappa shape index (κ2) is 6.50. The molecule has 7 nitrogen and oxygen atoms in total. The topological polar surface area (TPSA) is 102 Å². The third-order valence-corrected chi connectivity index (χ3v) is 1.91. The summed E-state index contributed by atoms with van der Waals surface area (Å²) in [5, 5.41) is 21.4. The van der Waals surface area contributed by atoms with Gasteiger partial charge in [0.25, 0.3) is 5.91 Å². The first-order chi connectivity index (χ1) is 8.54. The van der Waals surface area contributed by atoms with E-state index in [0.29, 0.717) is 0 Å². The third kappa shape index (κ3) is 3.98. The van der Waals surface area contributed by atoms with Crippen LogP contribution in [-0.4, -0.2) is 35.7 Å². The van der Waals surface area contributed by atoms with Crippen molar-refractivity contribution in [3.05, 3.63) is 34.1 Å². The Morgan fingerprint density at radius 2 is 2.28 bits per heavy atom. The van der Waals surface area contributed by atoms with Crippen LogP contribution in [0.1, 0.15) is 0 Å². The van der Waals surface area contributed by atoms with E-state index >= 15 is 0 Å². The molecule has 0 spiro atoms. The minimum absolute atomic E-state index is 0.0490. The molecule has 1 rings (SSSR count). The van der Waals surface area contributed by atoms with Crippen molar-refractivity contribution in [2.75, 3.05) is 19.8 Å². The summed E-state index contributed by atoms with van der Waals surface area (Å²) in [5.74, 6) is -1.59. The van der Waals surface area contributed by atoms with Crippen molar-refractivity contribution >= 4 is 11.6 Å². The molecule has 0 bridgehead atoms. The molecule has 0 aliphatic carbocycles. The quantitative estimate of drug-likeness (QED) is 0.561. The number of nitrogens with one attached hydrogen (secondary N) is 1. The zero-order valence-electron chi connectivity index (χ0n) is 9.26. The lowest BCUT2D eigenvalue weighted by molar-refractivity contribution is -0.385. The van der Waals surface area contributed by atoms with Gasteiger partial charge in [0.1, 0.15) is 5.82 Å². The van der Waals surface area contributed by atoms with E-state index in [-0.39, 0.29) is 18.9 Å². The Morgan fingerprint density at radius 3 is 2.89 bits per heavy atom. The van der Waals surface area contributed by atoms with E-state index < -0.39 is 28.9 Å². The Hall–Kier alpha value is -2.22. The molecule has 0 saturated carbocycles. The number of benzene rings is 1. The highest BCUT2D eigenvalue weighted by Gasteiger charge is 2.16. The lowest BCUT2D eigenvalue weighted by atomic mass is 10.3. The molecular formula is C10H11FN2O5. The summed E-state index contributed by atoms with van der Waals surface area (Å²) in [6, 6.07) is 2.71. The van der Waals surface area contributed by atoms with Crippen LogP contribution in [0.4, 0.5) is 10.1 Å². The molecule has 0 aliphatic rings. The second-order valence-corrected chi connectivity index (χ2v) is 3.23. The van der Waals surface area contributed by atoms with Crippen LogP contribution in [0.3, 0.4) is 0 Å². The predicted molar refractivity (Wildman–Crippen MR) is 58.6 cm³/mol. The number of nitrogens with zero attached hydrogens (tertiary/aromatic N) is 1. The van der Waals surface area contributed by atoms with Gasteiger partial charge in [-0.2, -0.15) is 0 Å². The molecule has 0 saturated heterocycles. The Balaban J connectivity index is 2.68. The molecule has 0 aliphatic heterocycles. The van der Waals surface area contributed by atoms with Crippen LogP contribution >= 0.6 is 0 Å². The molecule has 0 aromatic heterocycles. The molecule has 1 aromatic carbocycles. The van der Waals surface area contributed by atoms with Gasteiger partial charge >= 0.3 is 5.69 Å². The maximum atomic E-state index is 12.9. The van der Waals surface area contributed by atoms with Crippen LogP contribution in [0.2, 0.25) is 0 Å². The Labute approximate surface area is 101 Å². The highest BCUT2D eigenvalue weighted by Crippen LogP contribution is 2.27. The van der Waals surface area contributed by atoms with E-state index in [1.807, 2.05) is 0 Å². The number of nitro benzene ring substituents is 1. The first-order valence-corrected chi connectivity index (χ1v) is 4.99. The van der Waals surface area contributed by atoms with Crippen LogP contribution in [0.15, 0.2) is 18.2 Å². The van der Waals surface area contributed by atoms with Crippen LogP contribution < -0.4 is 10.1 Å². The fraction of sp³-hybridized carbons (Fsp3) is 0.300. The SMILES string of the molecule is O=C(COc1cc(F)ccc1[N+](=O)[O-])NCCO. The predicted octanol–water partition coefficient (Wildman–Crippen LogP) is 0.221. The van der Waals surface area contributed by atoms with E-state index in [1.54, 1.807) is 0 Å². The summed E-state index contributed by atoms with van der Waals surface area (Å²) >= 11 is 0. The molecule has 0 unspecified atom stereocenters. The van der Waals surface area contributed by atoms with Gasteiger partial charge < -0.3 is 15.2 Å². The smallest absolute Gasteiger partial charge is 0.311 e. The lowest BCUT2D eigenvalue weighted by Crippen LogP contribution is -2.31. The molecule has 1 amide bonds. The first-order valence-electron chi connectivity index (χ1n) is 4.99. The zero-order chi connectivity index (χ0) is 13.5. The second-order valence-electron chi connectivity index (χ2n) is 3.23. The number of aliphatic hydroxyl groups excluding tert-OH is 1. The van der Waals surface area contributed by atoms with E-state index in [4.69, 9.17) is 9.84 Å². The van der Waals surface area contributed by atoms with Gasteiger partial charge in [-0.1, -0.05) is 0 Å². The monoisotopic (exact) mass is 258 g/mol. The molecule has 1 aromatic rings. The minimum atomic E-state index is -0.736. The maximum absolute atomic E-state index is 12.9. The zero-order valence-corrected chi connectivity index (χ0v) is 9.26. The first kappa shape index (κ1) is 13.8. The highest BCUT2D eigenvalue weighted by atomic mass is 19.1. The average molecular weight is 258 g/mol. The van der Waals surface area contributed by atoms with Crippen molar-refractivity contribution < 1.29 is 24.0 Å². The third-order valence-electron chi connectivity index (χ3n) is 1.91. The van der Waals surface area contributed by atoms with Gasteiger partial charge in [0.15, 0.2) is 6.61 Å². The summed E-state index contributed by atoms with van der Waals surface area (Å²) in [4.78, 5) is 21.0. The standard InChI is InChI=1S/C10H11FN2O5/c11-7-1-2-8(13(16)17)9(5-7)18-6-10(15)12-3-4-14/h1-2,5,14H,3-4,6H2,(H,12,15). The number of hydrogen-bond donors (Lipinski definition) is 2. The molecule has 18 heavy (non-hydrogen) atoms. The number of carbonyl (C=O) groups is 1. The summed E-state index contributed by atoms with van der Waals surface area (Å²) in [7, 11) is 0.